The van der Waals surface area contributed by atoms with Gasteiger partial charge in [-0.15, -0.1) is 0 Å². The van der Waals surface area contributed by atoms with Gasteiger partial charge in [0.05, 0.1) is 13.2 Å². The summed E-state index contributed by atoms with van der Waals surface area (Å²) in [5, 5.41) is 0. The Bertz CT molecular complexity index is 487. The van der Waals surface area contributed by atoms with Gasteiger partial charge in [0.1, 0.15) is 0 Å². The van der Waals surface area contributed by atoms with E-state index in [0.717, 1.165) is 19.3 Å². The summed E-state index contributed by atoms with van der Waals surface area (Å²) >= 11 is 0. The van der Waals surface area contributed by atoms with Gasteiger partial charge in [0, 0.05) is 24.9 Å². The molecule has 8 atom stereocenters. The first kappa shape index (κ1) is 18.1. The summed E-state index contributed by atoms with van der Waals surface area (Å²) in [5.74, 6) is 0.785. The molecule has 6 nitrogen and oxygen atoms in total. The van der Waals surface area contributed by atoms with E-state index in [9.17, 15) is 0 Å². The van der Waals surface area contributed by atoms with Gasteiger partial charge in [0.25, 0.3) is 0 Å². The molecule has 1 spiro atoms. The van der Waals surface area contributed by atoms with E-state index in [1.54, 1.807) is 0 Å². The van der Waals surface area contributed by atoms with Gasteiger partial charge in [-0.05, 0) is 44.9 Å². The fraction of sp³-hybridized carbons (Fsp3) is 1.00. The molecule has 25 heavy (non-hydrogen) atoms. The van der Waals surface area contributed by atoms with Crippen molar-refractivity contribution in [3.8, 4) is 0 Å². The highest BCUT2D eigenvalue weighted by molar-refractivity contribution is 5.09. The Morgan fingerprint density at radius 1 is 1.04 bits per heavy atom. The van der Waals surface area contributed by atoms with Crippen LogP contribution in [0.15, 0.2) is 0 Å². The van der Waals surface area contributed by atoms with Crippen LogP contribution in [-0.4, -0.2) is 43.8 Å². The van der Waals surface area contributed by atoms with Gasteiger partial charge >= 0.3 is 0 Å². The van der Waals surface area contributed by atoms with Crippen molar-refractivity contribution in [3.63, 3.8) is 0 Å². The van der Waals surface area contributed by atoms with Crippen molar-refractivity contribution in [3.05, 3.63) is 0 Å². The third-order valence-corrected chi connectivity index (χ3v) is 6.81. The predicted octanol–water partition coefficient (Wildman–Crippen LogP) is 3.25. The van der Waals surface area contributed by atoms with Crippen LogP contribution in [-0.2, 0) is 28.7 Å². The Labute approximate surface area is 150 Å². The zero-order chi connectivity index (χ0) is 17.7. The van der Waals surface area contributed by atoms with Crippen molar-refractivity contribution in [1.82, 2.24) is 0 Å². The van der Waals surface area contributed by atoms with E-state index in [1.165, 1.54) is 6.42 Å². The average Bonchev–Trinajstić information content (AvgIpc) is 2.82. The molecule has 5 aliphatic rings. The van der Waals surface area contributed by atoms with Gasteiger partial charge in [-0.1, -0.05) is 13.8 Å². The molecular formula is C19H32O6. The molecule has 4 heterocycles. The van der Waals surface area contributed by atoms with Gasteiger partial charge in [-0.3, -0.25) is 0 Å². The summed E-state index contributed by atoms with van der Waals surface area (Å²) in [7, 11) is 0. The van der Waals surface area contributed by atoms with E-state index in [4.69, 9.17) is 28.7 Å². The van der Waals surface area contributed by atoms with Crippen LogP contribution < -0.4 is 0 Å². The second-order valence-electron chi connectivity index (χ2n) is 8.34. The third-order valence-electron chi connectivity index (χ3n) is 6.81. The summed E-state index contributed by atoms with van der Waals surface area (Å²) in [6.45, 7) is 10.3. The minimum atomic E-state index is -0.728. The van der Waals surface area contributed by atoms with Crippen LogP contribution >= 0.6 is 0 Å². The average molecular weight is 356 g/mol. The molecular weight excluding hydrogens is 324 g/mol. The molecule has 1 aliphatic carbocycles. The summed E-state index contributed by atoms with van der Waals surface area (Å²) in [6.07, 6.45) is 3.46. The lowest BCUT2D eigenvalue weighted by Crippen LogP contribution is -2.70. The van der Waals surface area contributed by atoms with Crippen molar-refractivity contribution in [2.24, 2.45) is 23.7 Å². The van der Waals surface area contributed by atoms with E-state index in [0.29, 0.717) is 37.6 Å². The number of hydrogen-bond donors (Lipinski definition) is 0. The Hall–Kier alpha value is -0.240. The molecule has 0 aromatic carbocycles. The van der Waals surface area contributed by atoms with Gasteiger partial charge in [0.15, 0.2) is 18.2 Å². The van der Waals surface area contributed by atoms with Gasteiger partial charge < -0.3 is 18.9 Å². The Balaban J connectivity index is 1.58. The molecule has 2 bridgehead atoms. The standard InChI is InChI=1S/C19H32O6/c1-5-20-10-11-21-16-13(3)15-7-6-12(2)14-8-9-18(4)23-17(22-16)19(14,15)25-24-18/h12-17H,5-11H2,1-4H3/t12-,13-,14+,15+,16-,17-,18+,19-/m1/s1. The van der Waals surface area contributed by atoms with Crippen LogP contribution in [0.2, 0.25) is 0 Å². The molecule has 6 heteroatoms. The molecule has 5 fully saturated rings. The molecule has 5 rings (SSSR count). The van der Waals surface area contributed by atoms with Gasteiger partial charge in [-0.2, -0.15) is 0 Å². The van der Waals surface area contributed by atoms with E-state index in [2.05, 4.69) is 13.8 Å². The Kier molecular flexibility index (Phi) is 4.88. The topological polar surface area (TPSA) is 55.4 Å². The molecule has 0 amide bonds. The van der Waals surface area contributed by atoms with Crippen LogP contribution in [0.1, 0.15) is 53.4 Å². The summed E-state index contributed by atoms with van der Waals surface area (Å²) in [5.41, 5.74) is -0.507. The van der Waals surface area contributed by atoms with Crippen LogP contribution in [0, 0.1) is 23.7 Å². The SMILES string of the molecule is CCOCCO[C@@H]1O[C@@H]2O[C@]3(C)CC[C@H]4[C@H](C)CC[C@@H]([C@H]1C)[C@@]24OO3. The highest BCUT2D eigenvalue weighted by atomic mass is 17.3. The summed E-state index contributed by atoms with van der Waals surface area (Å²) in [6, 6.07) is 0. The van der Waals surface area contributed by atoms with E-state index < -0.39 is 17.7 Å². The highest BCUT2D eigenvalue weighted by Gasteiger charge is 2.69. The second-order valence-corrected chi connectivity index (χ2v) is 8.34. The molecule has 0 unspecified atom stereocenters. The monoisotopic (exact) mass is 356 g/mol. The quantitative estimate of drug-likeness (QED) is 0.557. The fourth-order valence-corrected chi connectivity index (χ4v) is 5.43. The number of fused-ring (bicyclic) bond motifs is 2. The normalized spacial score (nSPS) is 51.8. The fourth-order valence-electron chi connectivity index (χ4n) is 5.43. The first-order valence-electron chi connectivity index (χ1n) is 9.89. The lowest BCUT2D eigenvalue weighted by Gasteiger charge is -2.60. The second kappa shape index (κ2) is 6.73. The maximum absolute atomic E-state index is 6.33. The minimum absolute atomic E-state index is 0.225. The lowest BCUT2D eigenvalue weighted by atomic mass is 9.58. The van der Waals surface area contributed by atoms with E-state index in [1.807, 2.05) is 13.8 Å². The third kappa shape index (κ3) is 2.86. The largest absolute Gasteiger partial charge is 0.379 e. The smallest absolute Gasteiger partial charge is 0.201 e. The predicted molar refractivity (Wildman–Crippen MR) is 89.3 cm³/mol. The molecule has 0 aromatic rings. The van der Waals surface area contributed by atoms with Crippen molar-refractivity contribution in [2.75, 3.05) is 19.8 Å². The maximum Gasteiger partial charge on any atom is 0.201 e. The molecule has 0 aromatic heterocycles. The Morgan fingerprint density at radius 3 is 2.68 bits per heavy atom. The Morgan fingerprint density at radius 2 is 1.88 bits per heavy atom. The summed E-state index contributed by atoms with van der Waals surface area (Å²) < 4.78 is 24.0. The number of ether oxygens (including phenoxy) is 4. The van der Waals surface area contributed by atoms with Crippen LogP contribution in [0.3, 0.4) is 0 Å². The van der Waals surface area contributed by atoms with Crippen molar-refractivity contribution >= 4 is 0 Å². The van der Waals surface area contributed by atoms with Crippen LogP contribution in [0.5, 0.6) is 0 Å². The lowest BCUT2D eigenvalue weighted by molar-refractivity contribution is -0.577. The molecule has 0 radical (unpaired) electrons. The first-order chi connectivity index (χ1) is 12.0. The van der Waals surface area contributed by atoms with Crippen LogP contribution in [0.4, 0.5) is 0 Å². The summed E-state index contributed by atoms with van der Waals surface area (Å²) in [4.78, 5) is 11.9. The molecule has 0 N–H and O–H groups in total. The highest BCUT2D eigenvalue weighted by Crippen LogP contribution is 2.60. The van der Waals surface area contributed by atoms with E-state index in [-0.39, 0.29) is 12.2 Å². The number of hydrogen-bond acceptors (Lipinski definition) is 6. The first-order valence-corrected chi connectivity index (χ1v) is 9.89. The molecule has 4 aliphatic heterocycles. The zero-order valence-corrected chi connectivity index (χ0v) is 15.9. The zero-order valence-electron chi connectivity index (χ0n) is 15.9. The van der Waals surface area contributed by atoms with Crippen molar-refractivity contribution in [2.45, 2.75) is 77.3 Å². The molecule has 4 saturated heterocycles. The molecule has 1 saturated carbocycles. The number of rotatable bonds is 5. The van der Waals surface area contributed by atoms with Gasteiger partial charge in [0.2, 0.25) is 5.79 Å². The van der Waals surface area contributed by atoms with E-state index >= 15 is 0 Å². The van der Waals surface area contributed by atoms with Crippen molar-refractivity contribution < 1.29 is 28.7 Å². The van der Waals surface area contributed by atoms with Gasteiger partial charge in [-0.25, -0.2) is 9.78 Å². The minimum Gasteiger partial charge on any atom is -0.379 e. The van der Waals surface area contributed by atoms with Crippen LogP contribution in [0.25, 0.3) is 0 Å². The van der Waals surface area contributed by atoms with Crippen molar-refractivity contribution in [1.29, 1.82) is 0 Å². The molecule has 144 valence electrons. The maximum atomic E-state index is 6.33.